The third kappa shape index (κ3) is 3.23. The average molecular weight is 306 g/mol. The van der Waals surface area contributed by atoms with E-state index in [9.17, 15) is 23.1 Å². The van der Waals surface area contributed by atoms with Crippen LogP contribution in [0.4, 0.5) is 4.79 Å². The number of rotatable bonds is 4. The summed E-state index contributed by atoms with van der Waals surface area (Å²) in [5.74, 6) is -1.08. The monoisotopic (exact) mass is 306 g/mol. The van der Waals surface area contributed by atoms with Crippen molar-refractivity contribution in [3.05, 3.63) is 0 Å². The van der Waals surface area contributed by atoms with Gasteiger partial charge in [0.1, 0.15) is 5.54 Å². The Morgan fingerprint density at radius 2 is 1.90 bits per heavy atom. The zero-order valence-electron chi connectivity index (χ0n) is 12.3. The molecule has 0 spiro atoms. The van der Waals surface area contributed by atoms with E-state index >= 15 is 0 Å². The lowest BCUT2D eigenvalue weighted by Gasteiger charge is -2.38. The van der Waals surface area contributed by atoms with Crippen molar-refractivity contribution in [2.24, 2.45) is 0 Å². The minimum Gasteiger partial charge on any atom is -0.480 e. The van der Waals surface area contributed by atoms with E-state index in [4.69, 9.17) is 0 Å². The Hall–Kier alpha value is -1.31. The summed E-state index contributed by atoms with van der Waals surface area (Å²) in [4.78, 5) is 26.3. The molecule has 1 aliphatic rings. The van der Waals surface area contributed by atoms with Crippen molar-refractivity contribution in [1.82, 2.24) is 9.80 Å². The van der Waals surface area contributed by atoms with E-state index in [1.165, 1.54) is 30.7 Å². The highest BCUT2D eigenvalue weighted by Crippen LogP contribution is 2.21. The molecule has 8 heteroatoms. The summed E-state index contributed by atoms with van der Waals surface area (Å²) in [5, 5.41) is 9.21. The van der Waals surface area contributed by atoms with E-state index in [0.29, 0.717) is 6.42 Å². The van der Waals surface area contributed by atoms with Crippen molar-refractivity contribution >= 4 is 21.8 Å². The molecule has 1 atom stereocenters. The molecule has 0 bridgehead atoms. The largest absolute Gasteiger partial charge is 0.480 e. The molecule has 0 aromatic rings. The summed E-state index contributed by atoms with van der Waals surface area (Å²) in [5.41, 5.74) is -1.34. The van der Waals surface area contributed by atoms with Gasteiger partial charge in [0.15, 0.2) is 9.84 Å². The third-order valence-electron chi connectivity index (χ3n) is 3.80. The van der Waals surface area contributed by atoms with Crippen molar-refractivity contribution in [2.45, 2.75) is 38.8 Å². The molecule has 116 valence electrons. The van der Waals surface area contributed by atoms with E-state index < -0.39 is 27.4 Å². The summed E-state index contributed by atoms with van der Waals surface area (Å²) < 4.78 is 22.9. The Morgan fingerprint density at radius 3 is 2.25 bits per heavy atom. The minimum absolute atomic E-state index is 0.0553. The molecule has 1 rings (SSSR count). The fourth-order valence-electron chi connectivity index (χ4n) is 2.31. The van der Waals surface area contributed by atoms with Crippen LogP contribution in [0.25, 0.3) is 0 Å². The Kier molecular flexibility index (Phi) is 4.68. The number of sulfone groups is 1. The lowest BCUT2D eigenvalue weighted by Crippen LogP contribution is -2.57. The van der Waals surface area contributed by atoms with E-state index in [1.807, 2.05) is 0 Å². The van der Waals surface area contributed by atoms with Crippen LogP contribution in [0.5, 0.6) is 0 Å². The number of carboxylic acid groups (broad SMARTS) is 1. The van der Waals surface area contributed by atoms with Crippen LogP contribution in [0.15, 0.2) is 0 Å². The molecule has 0 aliphatic carbocycles. The van der Waals surface area contributed by atoms with E-state index in [2.05, 4.69) is 0 Å². The molecule has 1 heterocycles. The lowest BCUT2D eigenvalue weighted by molar-refractivity contribution is -0.147. The van der Waals surface area contributed by atoms with Gasteiger partial charge in [-0.1, -0.05) is 0 Å². The van der Waals surface area contributed by atoms with Crippen LogP contribution in [0.2, 0.25) is 0 Å². The first-order chi connectivity index (χ1) is 9.03. The molecule has 1 aliphatic heterocycles. The number of carbonyl (C=O) groups is 2. The number of amides is 2. The number of hydrogen-bond donors (Lipinski definition) is 1. The van der Waals surface area contributed by atoms with Crippen molar-refractivity contribution in [1.29, 1.82) is 0 Å². The summed E-state index contributed by atoms with van der Waals surface area (Å²) in [7, 11) is -1.56. The van der Waals surface area contributed by atoms with Gasteiger partial charge in [-0.05, 0) is 27.2 Å². The number of urea groups is 1. The lowest BCUT2D eigenvalue weighted by atomic mass is 10.0. The SMILES string of the molecule is CCN(C(=O)N(C)C1CCS(=O)(=O)C1)C(C)(C)C(=O)O. The molecule has 20 heavy (non-hydrogen) atoms. The molecule has 0 saturated carbocycles. The first-order valence-corrected chi connectivity index (χ1v) is 8.33. The van der Waals surface area contributed by atoms with Gasteiger partial charge in [-0.3, -0.25) is 0 Å². The fourth-order valence-corrected chi connectivity index (χ4v) is 4.09. The predicted octanol–water partition coefficient (Wildman–Crippen LogP) is 0.410. The van der Waals surface area contributed by atoms with E-state index in [0.717, 1.165) is 0 Å². The van der Waals surface area contributed by atoms with Gasteiger partial charge in [0.2, 0.25) is 0 Å². The highest BCUT2D eigenvalue weighted by atomic mass is 32.2. The summed E-state index contributed by atoms with van der Waals surface area (Å²) >= 11 is 0. The molecular formula is C12H22N2O5S. The molecule has 1 N–H and O–H groups in total. The zero-order valence-corrected chi connectivity index (χ0v) is 13.1. The Labute approximate surface area is 119 Å². The number of nitrogens with zero attached hydrogens (tertiary/aromatic N) is 2. The Balaban J connectivity index is 2.90. The van der Waals surface area contributed by atoms with Crippen molar-refractivity contribution in [3.8, 4) is 0 Å². The van der Waals surface area contributed by atoms with Crippen LogP contribution in [-0.2, 0) is 14.6 Å². The second-order valence-electron chi connectivity index (χ2n) is 5.56. The normalized spacial score (nSPS) is 21.5. The van der Waals surface area contributed by atoms with Crippen LogP contribution in [-0.4, -0.2) is 72.0 Å². The zero-order chi connectivity index (χ0) is 15.7. The third-order valence-corrected chi connectivity index (χ3v) is 5.55. The first kappa shape index (κ1) is 16.7. The van der Waals surface area contributed by atoms with Gasteiger partial charge >= 0.3 is 12.0 Å². The maximum absolute atomic E-state index is 12.4. The van der Waals surface area contributed by atoms with Crippen LogP contribution in [0.3, 0.4) is 0 Å². The average Bonchev–Trinajstić information content (AvgIpc) is 2.68. The molecule has 2 amide bonds. The quantitative estimate of drug-likeness (QED) is 0.811. The molecule has 1 saturated heterocycles. The summed E-state index contributed by atoms with van der Waals surface area (Å²) in [6, 6.07) is -0.840. The van der Waals surface area contributed by atoms with Gasteiger partial charge < -0.3 is 14.9 Å². The van der Waals surface area contributed by atoms with E-state index in [-0.39, 0.29) is 24.1 Å². The molecule has 0 aromatic carbocycles. The standard InChI is InChI=1S/C12H22N2O5S/c1-5-14(12(2,3)10(15)16)11(17)13(4)9-6-7-20(18,19)8-9/h9H,5-8H2,1-4H3,(H,15,16). The fraction of sp³-hybridized carbons (Fsp3) is 0.833. The van der Waals surface area contributed by atoms with Crippen LogP contribution >= 0.6 is 0 Å². The Morgan fingerprint density at radius 1 is 1.35 bits per heavy atom. The number of carboxylic acids is 1. The molecule has 1 unspecified atom stereocenters. The van der Waals surface area contributed by atoms with Crippen molar-refractivity contribution in [3.63, 3.8) is 0 Å². The molecule has 0 radical (unpaired) electrons. The van der Waals surface area contributed by atoms with Gasteiger partial charge in [-0.25, -0.2) is 18.0 Å². The number of hydrogen-bond acceptors (Lipinski definition) is 4. The highest BCUT2D eigenvalue weighted by molar-refractivity contribution is 7.91. The number of aliphatic carboxylic acids is 1. The van der Waals surface area contributed by atoms with Crippen molar-refractivity contribution < 1.29 is 23.1 Å². The topological polar surface area (TPSA) is 95.0 Å². The van der Waals surface area contributed by atoms with Crippen LogP contribution in [0, 0.1) is 0 Å². The molecule has 0 aromatic heterocycles. The molecule has 7 nitrogen and oxygen atoms in total. The summed E-state index contributed by atoms with van der Waals surface area (Å²) in [6.07, 6.45) is 0.398. The highest BCUT2D eigenvalue weighted by Gasteiger charge is 2.41. The number of likely N-dealkylation sites (N-methyl/N-ethyl adjacent to an activating group) is 1. The van der Waals surface area contributed by atoms with Crippen molar-refractivity contribution in [2.75, 3.05) is 25.1 Å². The Bertz CT molecular complexity index is 500. The van der Waals surface area contributed by atoms with Gasteiger partial charge in [-0.15, -0.1) is 0 Å². The van der Waals surface area contributed by atoms with Gasteiger partial charge in [0.05, 0.1) is 11.5 Å². The first-order valence-electron chi connectivity index (χ1n) is 6.51. The van der Waals surface area contributed by atoms with Crippen LogP contribution < -0.4 is 0 Å². The second kappa shape index (κ2) is 5.59. The van der Waals surface area contributed by atoms with Gasteiger partial charge in [0, 0.05) is 19.6 Å². The maximum Gasteiger partial charge on any atom is 0.329 e. The predicted molar refractivity (Wildman–Crippen MR) is 74.3 cm³/mol. The van der Waals surface area contributed by atoms with Crippen LogP contribution in [0.1, 0.15) is 27.2 Å². The van der Waals surface area contributed by atoms with E-state index in [1.54, 1.807) is 6.92 Å². The number of carbonyl (C=O) groups excluding carboxylic acids is 1. The molecular weight excluding hydrogens is 284 g/mol. The minimum atomic E-state index is -3.09. The maximum atomic E-state index is 12.4. The van der Waals surface area contributed by atoms with Gasteiger partial charge in [0.25, 0.3) is 0 Å². The second-order valence-corrected chi connectivity index (χ2v) is 7.79. The summed E-state index contributed by atoms with van der Waals surface area (Å²) in [6.45, 7) is 4.84. The smallest absolute Gasteiger partial charge is 0.329 e. The van der Waals surface area contributed by atoms with Gasteiger partial charge in [-0.2, -0.15) is 0 Å². The molecule has 1 fully saturated rings.